The fourth-order valence-corrected chi connectivity index (χ4v) is 1.43. The number of Topliss-reactive ketones (excluding diaryl/α,β-unsaturated/α-hetero) is 1. The van der Waals surface area contributed by atoms with Crippen LogP contribution in [0.4, 0.5) is 0 Å². The summed E-state index contributed by atoms with van der Waals surface area (Å²) in [6, 6.07) is 0. The molecule has 0 bridgehead atoms. The van der Waals surface area contributed by atoms with E-state index in [1.165, 1.54) is 7.11 Å². The van der Waals surface area contributed by atoms with Crippen LogP contribution in [0.1, 0.15) is 26.2 Å². The number of halogens is 1. The second-order valence-electron chi connectivity index (χ2n) is 3.39. The van der Waals surface area contributed by atoms with Crippen LogP contribution < -0.4 is 0 Å². The third-order valence-electron chi connectivity index (χ3n) is 1.95. The molecule has 0 aliphatic rings. The van der Waals surface area contributed by atoms with Crippen LogP contribution >= 0.6 is 11.6 Å². The maximum atomic E-state index is 11.4. The quantitative estimate of drug-likeness (QED) is 0.341. The molecule has 0 amide bonds. The zero-order valence-electron chi connectivity index (χ0n) is 10.2. The average Bonchev–Trinajstić information content (AvgIpc) is 2.26. The molecule has 0 spiro atoms. The number of rotatable bonds is 10. The van der Waals surface area contributed by atoms with Crippen molar-refractivity contribution in [1.82, 2.24) is 0 Å². The SMILES string of the molecule is CCOC(=O)C[C@@H](CC(=O)CCCl)OCOC. The van der Waals surface area contributed by atoms with Crippen LogP contribution in [0.3, 0.4) is 0 Å². The van der Waals surface area contributed by atoms with E-state index in [0.717, 1.165) is 0 Å². The first-order chi connectivity index (χ1) is 8.13. The van der Waals surface area contributed by atoms with Crippen molar-refractivity contribution in [2.75, 3.05) is 26.4 Å². The highest BCUT2D eigenvalue weighted by molar-refractivity contribution is 6.19. The van der Waals surface area contributed by atoms with Gasteiger partial charge in [-0.2, -0.15) is 0 Å². The summed E-state index contributed by atoms with van der Waals surface area (Å²) in [5.74, 6) is -0.146. The van der Waals surface area contributed by atoms with Gasteiger partial charge in [-0.15, -0.1) is 11.6 Å². The van der Waals surface area contributed by atoms with E-state index in [1.807, 2.05) is 0 Å². The molecule has 5 nitrogen and oxygen atoms in total. The highest BCUT2D eigenvalue weighted by Crippen LogP contribution is 2.08. The van der Waals surface area contributed by atoms with Gasteiger partial charge in [0.1, 0.15) is 12.6 Å². The maximum absolute atomic E-state index is 11.4. The van der Waals surface area contributed by atoms with E-state index in [2.05, 4.69) is 0 Å². The molecule has 0 radical (unpaired) electrons. The molecule has 17 heavy (non-hydrogen) atoms. The van der Waals surface area contributed by atoms with Gasteiger partial charge in [-0.1, -0.05) is 0 Å². The summed E-state index contributed by atoms with van der Waals surface area (Å²) in [7, 11) is 1.47. The van der Waals surface area contributed by atoms with Crippen LogP contribution in [0, 0.1) is 0 Å². The van der Waals surface area contributed by atoms with Crippen molar-refractivity contribution in [2.24, 2.45) is 0 Å². The Hall–Kier alpha value is -0.650. The van der Waals surface area contributed by atoms with E-state index in [-0.39, 0.29) is 43.7 Å². The molecule has 0 fully saturated rings. The topological polar surface area (TPSA) is 61.8 Å². The molecule has 100 valence electrons. The molecule has 0 aromatic heterocycles. The minimum absolute atomic E-state index is 0.0367. The first-order valence-electron chi connectivity index (χ1n) is 5.47. The molecule has 0 unspecified atom stereocenters. The molecule has 0 aromatic carbocycles. The molecule has 0 heterocycles. The summed E-state index contributed by atoms with van der Waals surface area (Å²) in [6.45, 7) is 2.07. The molecular weight excluding hydrogens is 248 g/mol. The van der Waals surface area contributed by atoms with Gasteiger partial charge >= 0.3 is 5.97 Å². The van der Waals surface area contributed by atoms with Crippen molar-refractivity contribution in [3.8, 4) is 0 Å². The predicted molar refractivity (Wildman–Crippen MR) is 63.0 cm³/mol. The van der Waals surface area contributed by atoms with Gasteiger partial charge in [-0.05, 0) is 6.92 Å². The van der Waals surface area contributed by atoms with Crippen LogP contribution in [0.25, 0.3) is 0 Å². The Morgan fingerprint density at radius 2 is 2.00 bits per heavy atom. The summed E-state index contributed by atoms with van der Waals surface area (Å²) < 4.78 is 14.8. The van der Waals surface area contributed by atoms with E-state index in [9.17, 15) is 9.59 Å². The Morgan fingerprint density at radius 3 is 2.53 bits per heavy atom. The van der Waals surface area contributed by atoms with Gasteiger partial charge < -0.3 is 14.2 Å². The number of ether oxygens (including phenoxy) is 3. The number of esters is 1. The number of hydrogen-bond acceptors (Lipinski definition) is 5. The zero-order chi connectivity index (χ0) is 13.1. The predicted octanol–water partition coefficient (Wildman–Crippen LogP) is 1.52. The summed E-state index contributed by atoms with van der Waals surface area (Å²) in [6.07, 6.45) is -0.0399. The van der Waals surface area contributed by atoms with Gasteiger partial charge in [0.25, 0.3) is 0 Å². The Bertz CT molecular complexity index is 212. The lowest BCUT2D eigenvalue weighted by atomic mass is 10.1. The standard InChI is InChI=1S/C11H19ClO5/c1-3-16-11(14)7-10(17-8-15-2)6-9(13)4-5-12/h10H,3-8H2,1-2H3/t10-/m1/s1. The highest BCUT2D eigenvalue weighted by Gasteiger charge is 2.18. The molecule has 0 aliphatic heterocycles. The Kier molecular flexibility index (Phi) is 10.1. The van der Waals surface area contributed by atoms with Gasteiger partial charge in [-0.25, -0.2) is 0 Å². The first kappa shape index (κ1) is 16.4. The van der Waals surface area contributed by atoms with Gasteiger partial charge in [0.2, 0.25) is 0 Å². The lowest BCUT2D eigenvalue weighted by Crippen LogP contribution is -2.23. The average molecular weight is 267 g/mol. The van der Waals surface area contributed by atoms with Crippen molar-refractivity contribution in [2.45, 2.75) is 32.3 Å². The van der Waals surface area contributed by atoms with Crippen LogP contribution in [-0.2, 0) is 23.8 Å². The van der Waals surface area contributed by atoms with Gasteiger partial charge in [0, 0.05) is 25.8 Å². The smallest absolute Gasteiger partial charge is 0.308 e. The second kappa shape index (κ2) is 10.5. The third kappa shape index (κ3) is 9.09. The van der Waals surface area contributed by atoms with Crippen molar-refractivity contribution in [3.05, 3.63) is 0 Å². The van der Waals surface area contributed by atoms with E-state index in [4.69, 9.17) is 25.8 Å². The molecule has 0 rings (SSSR count). The van der Waals surface area contributed by atoms with Crippen LogP contribution in [-0.4, -0.2) is 44.2 Å². The largest absolute Gasteiger partial charge is 0.466 e. The highest BCUT2D eigenvalue weighted by atomic mass is 35.5. The Morgan fingerprint density at radius 1 is 1.29 bits per heavy atom. The minimum Gasteiger partial charge on any atom is -0.466 e. The number of alkyl halides is 1. The van der Waals surface area contributed by atoms with Gasteiger partial charge in [0.15, 0.2) is 0 Å². The lowest BCUT2D eigenvalue weighted by Gasteiger charge is -2.15. The molecule has 0 aromatic rings. The van der Waals surface area contributed by atoms with Crippen LogP contribution in [0.2, 0.25) is 0 Å². The zero-order valence-corrected chi connectivity index (χ0v) is 11.0. The van der Waals surface area contributed by atoms with Crippen molar-refractivity contribution in [1.29, 1.82) is 0 Å². The third-order valence-corrected chi connectivity index (χ3v) is 2.14. The second-order valence-corrected chi connectivity index (χ2v) is 3.76. The molecule has 6 heteroatoms. The summed E-state index contributed by atoms with van der Waals surface area (Å²) in [5.41, 5.74) is 0. The number of ketones is 1. The number of hydrogen-bond donors (Lipinski definition) is 0. The van der Waals surface area contributed by atoms with E-state index >= 15 is 0 Å². The van der Waals surface area contributed by atoms with Gasteiger partial charge in [-0.3, -0.25) is 9.59 Å². The number of carbonyl (C=O) groups is 2. The number of carbonyl (C=O) groups excluding carboxylic acids is 2. The molecule has 1 atom stereocenters. The van der Waals surface area contributed by atoms with E-state index in [1.54, 1.807) is 6.92 Å². The maximum Gasteiger partial charge on any atom is 0.308 e. The van der Waals surface area contributed by atoms with E-state index < -0.39 is 6.10 Å². The summed E-state index contributed by atoms with van der Waals surface area (Å²) >= 11 is 5.46. The molecule has 0 N–H and O–H groups in total. The van der Waals surface area contributed by atoms with Crippen LogP contribution in [0.5, 0.6) is 0 Å². The fourth-order valence-electron chi connectivity index (χ4n) is 1.22. The van der Waals surface area contributed by atoms with Crippen molar-refractivity contribution in [3.63, 3.8) is 0 Å². The number of methoxy groups -OCH3 is 1. The van der Waals surface area contributed by atoms with Crippen LogP contribution in [0.15, 0.2) is 0 Å². The Labute approximate surface area is 106 Å². The molecule has 0 aliphatic carbocycles. The normalized spacial score (nSPS) is 12.2. The monoisotopic (exact) mass is 266 g/mol. The fraction of sp³-hybridized carbons (Fsp3) is 0.818. The minimum atomic E-state index is -0.510. The summed E-state index contributed by atoms with van der Waals surface area (Å²) in [5, 5.41) is 0. The first-order valence-corrected chi connectivity index (χ1v) is 6.01. The van der Waals surface area contributed by atoms with Crippen molar-refractivity contribution < 1.29 is 23.8 Å². The molecule has 0 saturated carbocycles. The van der Waals surface area contributed by atoms with Gasteiger partial charge in [0.05, 0.1) is 19.1 Å². The lowest BCUT2D eigenvalue weighted by molar-refractivity contribution is -0.150. The molecule has 0 saturated heterocycles. The summed E-state index contributed by atoms with van der Waals surface area (Å²) in [4.78, 5) is 22.7. The molecular formula is C11H19ClO5. The van der Waals surface area contributed by atoms with Crippen molar-refractivity contribution >= 4 is 23.4 Å². The Balaban J connectivity index is 4.12. The van der Waals surface area contributed by atoms with E-state index in [0.29, 0.717) is 6.61 Å².